The summed E-state index contributed by atoms with van der Waals surface area (Å²) in [7, 11) is 1.59. The van der Waals surface area contributed by atoms with Gasteiger partial charge in [0.2, 0.25) is 5.91 Å². The van der Waals surface area contributed by atoms with Crippen LogP contribution >= 0.6 is 0 Å². The topological polar surface area (TPSA) is 64.3 Å². The molecule has 0 aliphatic rings. The standard InChI is InChI=1S/C17H20N2O2/c1-12(13-7-9-14(18)10-8-13)11-17(20)19-15-5-3-4-6-16(15)21-2/h3-10,12H,11,18H2,1-2H3,(H,19,20). The maximum atomic E-state index is 12.1. The van der Waals surface area contributed by atoms with Crippen LogP contribution in [0.4, 0.5) is 11.4 Å². The second-order valence-corrected chi connectivity index (χ2v) is 5.02. The molecule has 4 heteroatoms. The van der Waals surface area contributed by atoms with Crippen molar-refractivity contribution in [1.29, 1.82) is 0 Å². The van der Waals surface area contributed by atoms with E-state index in [2.05, 4.69) is 5.32 Å². The quantitative estimate of drug-likeness (QED) is 0.827. The molecule has 1 amide bonds. The lowest BCUT2D eigenvalue weighted by molar-refractivity contribution is -0.116. The van der Waals surface area contributed by atoms with E-state index in [1.807, 2.05) is 55.5 Å². The molecule has 1 atom stereocenters. The van der Waals surface area contributed by atoms with Gasteiger partial charge in [-0.25, -0.2) is 0 Å². The number of rotatable bonds is 5. The van der Waals surface area contributed by atoms with Gasteiger partial charge in [0.1, 0.15) is 5.75 Å². The maximum Gasteiger partial charge on any atom is 0.225 e. The van der Waals surface area contributed by atoms with E-state index < -0.39 is 0 Å². The Bertz CT molecular complexity index is 608. The van der Waals surface area contributed by atoms with Crippen LogP contribution in [0.25, 0.3) is 0 Å². The van der Waals surface area contributed by atoms with Crippen LogP contribution in [0.5, 0.6) is 5.75 Å². The smallest absolute Gasteiger partial charge is 0.225 e. The molecular weight excluding hydrogens is 264 g/mol. The zero-order valence-corrected chi connectivity index (χ0v) is 12.3. The molecular formula is C17H20N2O2. The SMILES string of the molecule is COc1ccccc1NC(=O)CC(C)c1ccc(N)cc1. The number of carbonyl (C=O) groups is 1. The van der Waals surface area contributed by atoms with Crippen LogP contribution in [-0.2, 0) is 4.79 Å². The Morgan fingerprint density at radius 1 is 1.19 bits per heavy atom. The number of hydrogen-bond acceptors (Lipinski definition) is 3. The van der Waals surface area contributed by atoms with Crippen molar-refractivity contribution in [3.05, 3.63) is 54.1 Å². The lowest BCUT2D eigenvalue weighted by Gasteiger charge is -2.14. The Morgan fingerprint density at radius 2 is 1.86 bits per heavy atom. The number of para-hydroxylation sites is 2. The third kappa shape index (κ3) is 3.99. The van der Waals surface area contributed by atoms with Crippen LogP contribution in [0.15, 0.2) is 48.5 Å². The number of methoxy groups -OCH3 is 1. The Morgan fingerprint density at radius 3 is 2.52 bits per heavy atom. The number of benzene rings is 2. The van der Waals surface area contributed by atoms with E-state index in [1.54, 1.807) is 7.11 Å². The van der Waals surface area contributed by atoms with Crippen molar-refractivity contribution in [2.24, 2.45) is 0 Å². The van der Waals surface area contributed by atoms with Crippen LogP contribution < -0.4 is 15.8 Å². The first kappa shape index (κ1) is 14.9. The summed E-state index contributed by atoms with van der Waals surface area (Å²) in [6.45, 7) is 2.02. The Hall–Kier alpha value is -2.49. The van der Waals surface area contributed by atoms with Crippen LogP contribution in [-0.4, -0.2) is 13.0 Å². The molecule has 0 fully saturated rings. The molecule has 1 unspecified atom stereocenters. The predicted molar refractivity (Wildman–Crippen MR) is 85.5 cm³/mol. The molecule has 0 bridgehead atoms. The van der Waals surface area contributed by atoms with Gasteiger partial charge < -0.3 is 15.8 Å². The molecule has 0 spiro atoms. The largest absolute Gasteiger partial charge is 0.495 e. The summed E-state index contributed by atoms with van der Waals surface area (Å²) in [6, 6.07) is 15.0. The van der Waals surface area contributed by atoms with Gasteiger partial charge in [0.25, 0.3) is 0 Å². The second-order valence-electron chi connectivity index (χ2n) is 5.02. The van der Waals surface area contributed by atoms with Crippen LogP contribution in [0.2, 0.25) is 0 Å². The molecule has 0 aliphatic heterocycles. The van der Waals surface area contributed by atoms with Crippen molar-refractivity contribution in [3.8, 4) is 5.75 Å². The lowest BCUT2D eigenvalue weighted by Crippen LogP contribution is -2.15. The first-order valence-corrected chi connectivity index (χ1v) is 6.88. The summed E-state index contributed by atoms with van der Waals surface area (Å²) in [5.74, 6) is 0.745. The molecule has 4 nitrogen and oxygen atoms in total. The number of amides is 1. The van der Waals surface area contributed by atoms with E-state index in [9.17, 15) is 4.79 Å². The average molecular weight is 284 g/mol. The predicted octanol–water partition coefficient (Wildman–Crippen LogP) is 3.41. The number of ether oxygens (including phenoxy) is 1. The minimum Gasteiger partial charge on any atom is -0.495 e. The van der Waals surface area contributed by atoms with Gasteiger partial charge in [0.05, 0.1) is 12.8 Å². The van der Waals surface area contributed by atoms with Gasteiger partial charge in [0.15, 0.2) is 0 Å². The zero-order chi connectivity index (χ0) is 15.2. The summed E-state index contributed by atoms with van der Waals surface area (Å²) in [5.41, 5.74) is 8.18. The molecule has 2 aromatic rings. The number of carbonyl (C=O) groups excluding carboxylic acids is 1. The first-order valence-electron chi connectivity index (χ1n) is 6.88. The van der Waals surface area contributed by atoms with Crippen molar-refractivity contribution < 1.29 is 9.53 Å². The monoisotopic (exact) mass is 284 g/mol. The second kappa shape index (κ2) is 6.79. The van der Waals surface area contributed by atoms with E-state index >= 15 is 0 Å². The molecule has 2 rings (SSSR count). The third-order valence-corrected chi connectivity index (χ3v) is 3.38. The number of nitrogens with two attached hydrogens (primary N) is 1. The van der Waals surface area contributed by atoms with E-state index in [1.165, 1.54) is 0 Å². The molecule has 0 aromatic heterocycles. The minimum absolute atomic E-state index is 0.0381. The van der Waals surface area contributed by atoms with Crippen LogP contribution in [0.3, 0.4) is 0 Å². The normalized spacial score (nSPS) is 11.7. The molecule has 0 saturated carbocycles. The molecule has 21 heavy (non-hydrogen) atoms. The van der Waals surface area contributed by atoms with Gasteiger partial charge >= 0.3 is 0 Å². The minimum atomic E-state index is -0.0381. The Kier molecular flexibility index (Phi) is 4.82. The van der Waals surface area contributed by atoms with Crippen molar-refractivity contribution in [2.75, 3.05) is 18.2 Å². The summed E-state index contributed by atoms with van der Waals surface area (Å²) in [6.07, 6.45) is 0.405. The average Bonchev–Trinajstić information content (AvgIpc) is 2.48. The highest BCUT2D eigenvalue weighted by atomic mass is 16.5. The lowest BCUT2D eigenvalue weighted by atomic mass is 9.97. The van der Waals surface area contributed by atoms with Crippen molar-refractivity contribution in [2.45, 2.75) is 19.3 Å². The maximum absolute atomic E-state index is 12.1. The highest BCUT2D eigenvalue weighted by Gasteiger charge is 2.13. The Labute approximate surface area is 124 Å². The third-order valence-electron chi connectivity index (χ3n) is 3.38. The highest BCUT2D eigenvalue weighted by Crippen LogP contribution is 2.25. The zero-order valence-electron chi connectivity index (χ0n) is 12.3. The number of hydrogen-bond donors (Lipinski definition) is 2. The number of anilines is 2. The summed E-state index contributed by atoms with van der Waals surface area (Å²) in [4.78, 5) is 12.1. The van der Waals surface area contributed by atoms with Crippen LogP contribution in [0, 0.1) is 0 Å². The molecule has 0 heterocycles. The first-order chi connectivity index (χ1) is 10.1. The summed E-state index contributed by atoms with van der Waals surface area (Å²) in [5, 5.41) is 2.88. The molecule has 0 aliphatic carbocycles. The van der Waals surface area contributed by atoms with Gasteiger partial charge in [-0.15, -0.1) is 0 Å². The molecule has 0 radical (unpaired) electrons. The van der Waals surface area contributed by atoms with Crippen molar-refractivity contribution in [1.82, 2.24) is 0 Å². The van der Waals surface area contributed by atoms with E-state index in [4.69, 9.17) is 10.5 Å². The molecule has 2 aromatic carbocycles. The van der Waals surface area contributed by atoms with Crippen LogP contribution in [0.1, 0.15) is 24.8 Å². The number of nitrogen functional groups attached to an aromatic ring is 1. The molecule has 110 valence electrons. The molecule has 0 saturated heterocycles. The van der Waals surface area contributed by atoms with Crippen molar-refractivity contribution in [3.63, 3.8) is 0 Å². The summed E-state index contributed by atoms with van der Waals surface area (Å²) >= 11 is 0. The fourth-order valence-electron chi connectivity index (χ4n) is 2.17. The molecule has 3 N–H and O–H groups in total. The van der Waals surface area contributed by atoms with E-state index in [-0.39, 0.29) is 11.8 Å². The number of nitrogens with one attached hydrogen (secondary N) is 1. The Balaban J connectivity index is 1.99. The van der Waals surface area contributed by atoms with Gasteiger partial charge in [-0.2, -0.15) is 0 Å². The fourth-order valence-corrected chi connectivity index (χ4v) is 2.17. The van der Waals surface area contributed by atoms with E-state index in [0.717, 1.165) is 11.3 Å². The van der Waals surface area contributed by atoms with E-state index in [0.29, 0.717) is 17.9 Å². The van der Waals surface area contributed by atoms with Gasteiger partial charge in [-0.1, -0.05) is 31.2 Å². The summed E-state index contributed by atoms with van der Waals surface area (Å²) < 4.78 is 5.22. The fraction of sp³-hybridized carbons (Fsp3) is 0.235. The van der Waals surface area contributed by atoms with Crippen molar-refractivity contribution >= 4 is 17.3 Å². The highest BCUT2D eigenvalue weighted by molar-refractivity contribution is 5.92. The van der Waals surface area contributed by atoms with Gasteiger partial charge in [0, 0.05) is 12.1 Å². The van der Waals surface area contributed by atoms with Gasteiger partial charge in [-0.3, -0.25) is 4.79 Å². The van der Waals surface area contributed by atoms with Gasteiger partial charge in [-0.05, 0) is 35.7 Å².